The summed E-state index contributed by atoms with van der Waals surface area (Å²) >= 11 is -3.84. The van der Waals surface area contributed by atoms with Crippen molar-refractivity contribution < 1.29 is 35.3 Å². The van der Waals surface area contributed by atoms with E-state index in [4.69, 9.17) is 12.3 Å². The number of fused-ring (bicyclic) bond motifs is 3. The van der Waals surface area contributed by atoms with E-state index in [1.165, 1.54) is 16.7 Å². The van der Waals surface area contributed by atoms with E-state index in [-0.39, 0.29) is 13.1 Å². The molecule has 3 aliphatic heterocycles. The monoisotopic (exact) mass is 783 g/mol. The number of aliphatic carboxylic acids is 1. The van der Waals surface area contributed by atoms with E-state index in [2.05, 4.69) is 90.4 Å². The average Bonchev–Trinajstić information content (AvgIpc) is 3.24. The molecular weight excluding hydrogens is 729 g/mol. The second-order valence-corrected chi connectivity index (χ2v) is 16.1. The molecule has 6 rings (SSSR count). The molecule has 3 aromatic rings. The van der Waals surface area contributed by atoms with Crippen molar-refractivity contribution in [3.8, 4) is 16.9 Å². The third-order valence-electron chi connectivity index (χ3n) is 11.1. The van der Waals surface area contributed by atoms with Crippen molar-refractivity contribution in [2.45, 2.75) is 58.5 Å². The molecule has 3 saturated heterocycles. The van der Waals surface area contributed by atoms with Crippen LogP contribution in [0.2, 0.25) is 0 Å². The smallest absolute Gasteiger partial charge is 0.558 e. The Morgan fingerprint density at radius 1 is 0.857 bits per heavy atom. The molecule has 3 fully saturated rings. The van der Waals surface area contributed by atoms with Crippen LogP contribution in [0.15, 0.2) is 60.7 Å². The molecule has 11 nitrogen and oxygen atoms in total. The minimum absolute atomic E-state index is 0.0408. The third-order valence-corrected chi connectivity index (χ3v) is 12.0. The van der Waals surface area contributed by atoms with Crippen LogP contribution in [0.5, 0.6) is 5.75 Å². The third kappa shape index (κ3) is 11.7. The zero-order valence-corrected chi connectivity index (χ0v) is 33.8. The molecular formula is C43H54AlFN4O7. The summed E-state index contributed by atoms with van der Waals surface area (Å²) in [7, 11) is 0. The molecule has 2 bridgehead atoms. The number of rotatable bonds is 12. The van der Waals surface area contributed by atoms with Crippen molar-refractivity contribution in [2.24, 2.45) is 0 Å². The first kappa shape index (κ1) is 41.5. The molecule has 3 atom stereocenters. The van der Waals surface area contributed by atoms with Gasteiger partial charge >= 0.3 is 21.2 Å². The number of unbranched alkanes of at least 4 members (excludes halogenated alkanes) is 1. The molecule has 3 aliphatic rings. The van der Waals surface area contributed by atoms with Gasteiger partial charge in [0.1, 0.15) is 11.8 Å². The fourth-order valence-electron chi connectivity index (χ4n) is 7.84. The molecule has 0 spiro atoms. The number of carbonyl (C=O) groups is 3. The number of hydrogen-bond acceptors (Lipinski definition) is 10. The lowest BCUT2D eigenvalue weighted by Gasteiger charge is -2.33. The number of nitrogens with zero attached hydrogens (tertiary/aromatic N) is 4. The molecule has 0 saturated carbocycles. The van der Waals surface area contributed by atoms with Gasteiger partial charge in [-0.15, -0.1) is 0 Å². The van der Waals surface area contributed by atoms with Crippen LogP contribution in [0.4, 0.5) is 3.52 Å². The quantitative estimate of drug-likeness (QED) is 0.139. The largest absolute Gasteiger partial charge is 1.15 e. The number of hydrogen-bond donors (Lipinski definition) is 1. The van der Waals surface area contributed by atoms with Crippen molar-refractivity contribution in [1.82, 2.24) is 19.6 Å². The highest BCUT2D eigenvalue weighted by molar-refractivity contribution is 6.41. The number of carboxylic acid groups (broad SMARTS) is 1. The zero-order valence-electron chi connectivity index (χ0n) is 32.7. The van der Waals surface area contributed by atoms with Gasteiger partial charge in [-0.05, 0) is 92.1 Å². The van der Waals surface area contributed by atoms with Gasteiger partial charge in [-0.2, -0.15) is 0 Å². The average molecular weight is 784 g/mol. The molecule has 1 N–H and O–H groups in total. The number of aryl methyl sites for hydroxylation is 1. The van der Waals surface area contributed by atoms with Crippen molar-refractivity contribution in [3.05, 3.63) is 88.5 Å². The molecule has 0 aliphatic carbocycles. The number of ether oxygens (including phenoxy) is 1. The molecule has 3 heterocycles. The Kier molecular flexibility index (Phi) is 15.1. The number of piperidine rings is 1. The van der Waals surface area contributed by atoms with Crippen molar-refractivity contribution >= 4 is 45.3 Å². The lowest BCUT2D eigenvalue weighted by molar-refractivity contribution is -0.145. The van der Waals surface area contributed by atoms with Gasteiger partial charge in [0, 0.05) is 51.4 Å². The Hall–Kier alpha value is -4.09. The van der Waals surface area contributed by atoms with Crippen LogP contribution < -0.4 is 4.74 Å². The maximum Gasteiger partial charge on any atom is 1.15 e. The maximum atomic E-state index is 14.1. The number of carboxylic acids is 1. The molecule has 2 unspecified atom stereocenters. The summed E-state index contributed by atoms with van der Waals surface area (Å²) in [5.74, 6) is -1.41. The fraction of sp³-hybridized carbons (Fsp3) is 0.465. The fourth-order valence-corrected chi connectivity index (χ4v) is 8.45. The molecule has 0 radical (unpaired) electrons. The van der Waals surface area contributed by atoms with Crippen LogP contribution in [0, 0.1) is 13.8 Å². The van der Waals surface area contributed by atoms with Crippen LogP contribution >= 0.6 is 0 Å². The van der Waals surface area contributed by atoms with Gasteiger partial charge in [0.2, 0.25) is 0 Å². The Bertz CT molecular complexity index is 1810. The van der Waals surface area contributed by atoms with Crippen molar-refractivity contribution in [3.63, 3.8) is 0 Å². The first-order valence-electron chi connectivity index (χ1n) is 19.9. The Morgan fingerprint density at radius 2 is 1.54 bits per heavy atom. The van der Waals surface area contributed by atoms with E-state index in [1.807, 2.05) is 15.9 Å². The van der Waals surface area contributed by atoms with Gasteiger partial charge in [0.15, 0.2) is 0 Å². The van der Waals surface area contributed by atoms with E-state index < -0.39 is 39.2 Å². The van der Waals surface area contributed by atoms with Crippen LogP contribution in [-0.2, 0) is 28.5 Å². The van der Waals surface area contributed by atoms with Crippen molar-refractivity contribution in [1.29, 1.82) is 0 Å². The maximum absolute atomic E-state index is 14.1. The Labute approximate surface area is 335 Å². The summed E-state index contributed by atoms with van der Waals surface area (Å²) in [5, 5.41) is 9.99. The van der Waals surface area contributed by atoms with Crippen LogP contribution in [0.3, 0.4) is 0 Å². The highest BCUT2D eigenvalue weighted by atomic mass is 27.3. The predicted octanol–water partition coefficient (Wildman–Crippen LogP) is 5.71. The van der Waals surface area contributed by atoms with Crippen LogP contribution in [0.25, 0.3) is 23.3 Å². The molecule has 3 aromatic carbocycles. The van der Waals surface area contributed by atoms with Gasteiger partial charge in [-0.1, -0.05) is 73.2 Å². The minimum atomic E-state index is -3.84. The second kappa shape index (κ2) is 20.4. The summed E-state index contributed by atoms with van der Waals surface area (Å²) < 4.78 is 30.2. The number of halogens is 1. The molecule has 298 valence electrons. The number of likely N-dealkylation sites (tertiary alicyclic amines) is 1. The van der Waals surface area contributed by atoms with Crippen LogP contribution in [0.1, 0.15) is 59.9 Å². The Balaban J connectivity index is 1.13. The van der Waals surface area contributed by atoms with E-state index in [0.717, 1.165) is 79.9 Å². The zero-order chi connectivity index (χ0) is 39.4. The van der Waals surface area contributed by atoms with Gasteiger partial charge in [-0.25, -0.2) is 0 Å². The summed E-state index contributed by atoms with van der Waals surface area (Å²) in [6.07, 6.45) is 8.50. The lowest BCUT2D eigenvalue weighted by Crippen LogP contribution is -2.44. The van der Waals surface area contributed by atoms with E-state index in [0.29, 0.717) is 45.8 Å². The first-order chi connectivity index (χ1) is 27.1. The highest BCUT2D eigenvalue weighted by Gasteiger charge is 2.42. The van der Waals surface area contributed by atoms with Gasteiger partial charge in [0.05, 0.1) is 19.7 Å². The first-order valence-corrected chi connectivity index (χ1v) is 21.3. The summed E-state index contributed by atoms with van der Waals surface area (Å²) in [6.45, 7) is 10.6. The summed E-state index contributed by atoms with van der Waals surface area (Å²) in [4.78, 5) is 45.1. The van der Waals surface area contributed by atoms with E-state index in [9.17, 15) is 23.0 Å². The standard InChI is InChI=1S/C43H56N4O7.Al.FH/c1-32-27-37(29-47-19-7-6-15-39(47)43(52)53)40(28-36(32)17-16-34-13-10-14-38(33(34)2)35-11-4-3-5-12-35)54-26-9-8-18-44-20-22-45(30-41(48)49)24-25-46(23-21-44)31-42(50)51;;/h3-5,10-14,16-17,27-28,39H,6-9,15,18-26,29-31H2,1-2H3,(H,48,49)(H,50,51)(H,52,53);;1H/q;+3;/p-3/b17-16+;;/t39-;;/m0../s1/i;;1-1. The molecule has 0 amide bonds. The highest BCUT2D eigenvalue weighted by Crippen LogP contribution is 2.31. The molecule has 56 heavy (non-hydrogen) atoms. The van der Waals surface area contributed by atoms with E-state index in [1.54, 1.807) is 0 Å². The predicted molar refractivity (Wildman–Crippen MR) is 216 cm³/mol. The van der Waals surface area contributed by atoms with Gasteiger partial charge in [-0.3, -0.25) is 29.1 Å². The van der Waals surface area contributed by atoms with Crippen molar-refractivity contribution in [2.75, 3.05) is 72.1 Å². The van der Waals surface area contributed by atoms with E-state index >= 15 is 0 Å². The van der Waals surface area contributed by atoms with Gasteiger partial charge in [0.25, 0.3) is 11.9 Å². The van der Waals surface area contributed by atoms with Crippen LogP contribution in [-0.4, -0.2) is 136 Å². The minimum Gasteiger partial charge on any atom is -0.558 e. The summed E-state index contributed by atoms with van der Waals surface area (Å²) in [6, 6.07) is 20.5. The van der Waals surface area contributed by atoms with Gasteiger partial charge < -0.3 is 25.8 Å². The second-order valence-electron chi connectivity index (χ2n) is 15.1. The summed E-state index contributed by atoms with van der Waals surface area (Å²) in [5.41, 5.74) is 7.86. The lowest BCUT2D eigenvalue weighted by atomic mass is 9.95. The Morgan fingerprint density at radius 3 is 2.23 bits per heavy atom. The molecule has 0 aromatic heterocycles. The number of carbonyl (C=O) groups excluding carboxylic acids is 2. The number of benzene rings is 3. The topological polar surface area (TPSA) is 112 Å². The molecule has 13 heteroatoms. The normalized spacial score (nSPS) is 21.8. The SMILES string of the molecule is Cc1cc(CN2CCCC[C@H]2C(=O)O)c(OCCCCN2CCN3CCN(CC2)CC(=O)[O][Al]([18F])[O]C(=O)C3)cc1/C=C/c1cccc(-c2ccccc2)c1C.